The van der Waals surface area contributed by atoms with Crippen molar-refractivity contribution >= 4 is 11.9 Å². The van der Waals surface area contributed by atoms with Crippen molar-refractivity contribution in [3.63, 3.8) is 0 Å². The van der Waals surface area contributed by atoms with E-state index in [-0.39, 0.29) is 43.1 Å². The summed E-state index contributed by atoms with van der Waals surface area (Å²) in [6.07, 6.45) is 0.778. The number of nitrogens with one attached hydrogen (secondary N) is 1. The lowest BCUT2D eigenvalue weighted by Crippen LogP contribution is -2.30. The fourth-order valence-electron chi connectivity index (χ4n) is 3.88. The standard InChI is InChI=1S/C29H32FNO4/c1-19(2)15-27(23-11-9-20(3)26(30)17-23)31-29(34)25-16-21(10-12-22(25)13-14-28(32)33)18-35-24-7-5-4-6-8-24/h4-12,16-17,19,27H,13-15,18H2,1-3H3,(H,31,34)(H,32,33). The van der Waals surface area contributed by atoms with Gasteiger partial charge >= 0.3 is 5.97 Å². The number of aryl methyl sites for hydroxylation is 2. The first kappa shape index (κ1) is 25.9. The number of rotatable bonds is 11. The van der Waals surface area contributed by atoms with Crippen molar-refractivity contribution in [2.24, 2.45) is 5.92 Å². The lowest BCUT2D eigenvalue weighted by molar-refractivity contribution is -0.136. The van der Waals surface area contributed by atoms with Crippen LogP contribution in [0.25, 0.3) is 0 Å². The third-order valence-corrected chi connectivity index (χ3v) is 5.79. The van der Waals surface area contributed by atoms with E-state index in [0.29, 0.717) is 34.4 Å². The third-order valence-electron chi connectivity index (χ3n) is 5.79. The molecule has 1 amide bonds. The van der Waals surface area contributed by atoms with E-state index >= 15 is 0 Å². The van der Waals surface area contributed by atoms with Gasteiger partial charge in [0.2, 0.25) is 0 Å². The molecule has 0 saturated heterocycles. The number of para-hydroxylation sites is 1. The molecule has 0 aliphatic rings. The second-order valence-corrected chi connectivity index (χ2v) is 9.15. The Bertz CT molecular complexity index is 1160. The number of hydrogen-bond acceptors (Lipinski definition) is 3. The van der Waals surface area contributed by atoms with Gasteiger partial charge in [0.25, 0.3) is 5.91 Å². The molecule has 3 aromatic carbocycles. The lowest BCUT2D eigenvalue weighted by Gasteiger charge is -2.23. The second kappa shape index (κ2) is 12.2. The molecule has 1 unspecified atom stereocenters. The molecule has 3 aromatic rings. The average Bonchev–Trinajstić information content (AvgIpc) is 2.83. The van der Waals surface area contributed by atoms with Gasteiger partial charge in [-0.25, -0.2) is 4.39 Å². The molecule has 0 heterocycles. The van der Waals surface area contributed by atoms with E-state index in [2.05, 4.69) is 5.32 Å². The molecule has 1 atom stereocenters. The fraction of sp³-hybridized carbons (Fsp3) is 0.310. The van der Waals surface area contributed by atoms with Crippen LogP contribution in [0.3, 0.4) is 0 Å². The molecule has 3 rings (SSSR count). The molecular formula is C29H32FNO4. The fourth-order valence-corrected chi connectivity index (χ4v) is 3.88. The van der Waals surface area contributed by atoms with Gasteiger partial charge in [-0.2, -0.15) is 0 Å². The highest BCUT2D eigenvalue weighted by Gasteiger charge is 2.21. The van der Waals surface area contributed by atoms with Gasteiger partial charge in [0, 0.05) is 12.0 Å². The number of aliphatic carboxylic acids is 1. The maximum absolute atomic E-state index is 14.3. The van der Waals surface area contributed by atoms with Gasteiger partial charge in [0.05, 0.1) is 6.04 Å². The van der Waals surface area contributed by atoms with E-state index < -0.39 is 5.97 Å². The van der Waals surface area contributed by atoms with Crippen LogP contribution in [0.4, 0.5) is 4.39 Å². The van der Waals surface area contributed by atoms with Gasteiger partial charge < -0.3 is 15.2 Å². The number of carboxylic acid groups (broad SMARTS) is 1. The largest absolute Gasteiger partial charge is 0.489 e. The summed E-state index contributed by atoms with van der Waals surface area (Å²) in [6, 6.07) is 19.4. The summed E-state index contributed by atoms with van der Waals surface area (Å²) < 4.78 is 20.1. The van der Waals surface area contributed by atoms with E-state index in [9.17, 15) is 14.0 Å². The summed E-state index contributed by atoms with van der Waals surface area (Å²) in [5.74, 6) is -0.583. The van der Waals surface area contributed by atoms with Gasteiger partial charge in [-0.05, 0) is 72.2 Å². The Balaban J connectivity index is 1.87. The molecule has 0 radical (unpaired) electrons. The molecule has 0 fully saturated rings. The molecule has 6 heteroatoms. The van der Waals surface area contributed by atoms with Crippen molar-refractivity contribution in [1.82, 2.24) is 5.32 Å². The molecule has 5 nitrogen and oxygen atoms in total. The monoisotopic (exact) mass is 477 g/mol. The number of benzene rings is 3. The van der Waals surface area contributed by atoms with Gasteiger partial charge in [-0.15, -0.1) is 0 Å². The molecule has 0 aromatic heterocycles. The van der Waals surface area contributed by atoms with Crippen molar-refractivity contribution in [2.45, 2.75) is 52.7 Å². The zero-order valence-corrected chi connectivity index (χ0v) is 20.4. The number of halogens is 1. The quantitative estimate of drug-likeness (QED) is 0.342. The number of carbonyl (C=O) groups is 2. The molecule has 0 saturated carbocycles. The highest BCUT2D eigenvalue weighted by molar-refractivity contribution is 5.96. The first-order valence-corrected chi connectivity index (χ1v) is 11.8. The van der Waals surface area contributed by atoms with E-state index in [1.807, 2.05) is 56.3 Å². The summed E-state index contributed by atoms with van der Waals surface area (Å²) in [4.78, 5) is 24.6. The van der Waals surface area contributed by atoms with Gasteiger partial charge in [-0.3, -0.25) is 9.59 Å². The Kier molecular flexibility index (Phi) is 9.01. The Morgan fingerprint density at radius 3 is 2.43 bits per heavy atom. The van der Waals surface area contributed by atoms with Crippen LogP contribution in [0.5, 0.6) is 5.75 Å². The Labute approximate surface area is 206 Å². The highest BCUT2D eigenvalue weighted by atomic mass is 19.1. The molecule has 0 spiro atoms. The van der Waals surface area contributed by atoms with Crippen LogP contribution >= 0.6 is 0 Å². The summed E-state index contributed by atoms with van der Waals surface area (Å²) in [6.45, 7) is 6.06. The van der Waals surface area contributed by atoms with Crippen LogP contribution < -0.4 is 10.1 Å². The maximum Gasteiger partial charge on any atom is 0.303 e. The van der Waals surface area contributed by atoms with E-state index in [1.54, 1.807) is 25.1 Å². The minimum atomic E-state index is -0.930. The maximum atomic E-state index is 14.3. The number of ether oxygens (including phenoxy) is 1. The number of carbonyl (C=O) groups excluding carboxylic acids is 1. The zero-order valence-electron chi connectivity index (χ0n) is 20.4. The van der Waals surface area contributed by atoms with Crippen LogP contribution in [0.15, 0.2) is 66.7 Å². The first-order valence-electron chi connectivity index (χ1n) is 11.8. The van der Waals surface area contributed by atoms with Gasteiger partial charge in [0.15, 0.2) is 0 Å². The molecule has 184 valence electrons. The van der Waals surface area contributed by atoms with Crippen LogP contribution in [0.1, 0.15) is 65.3 Å². The molecule has 0 bridgehead atoms. The summed E-state index contributed by atoms with van der Waals surface area (Å²) >= 11 is 0. The van der Waals surface area contributed by atoms with Crippen molar-refractivity contribution in [1.29, 1.82) is 0 Å². The molecule has 0 aliphatic carbocycles. The Morgan fingerprint density at radius 1 is 1.03 bits per heavy atom. The Morgan fingerprint density at radius 2 is 1.77 bits per heavy atom. The summed E-state index contributed by atoms with van der Waals surface area (Å²) in [5.41, 5.74) is 3.09. The van der Waals surface area contributed by atoms with Crippen molar-refractivity contribution in [3.05, 3.63) is 100 Å². The minimum Gasteiger partial charge on any atom is -0.489 e. The molecule has 35 heavy (non-hydrogen) atoms. The SMILES string of the molecule is Cc1ccc(C(CC(C)C)NC(=O)c2cc(COc3ccccc3)ccc2CCC(=O)O)cc1F. The minimum absolute atomic E-state index is 0.0846. The van der Waals surface area contributed by atoms with E-state index in [0.717, 1.165) is 5.56 Å². The average molecular weight is 478 g/mol. The van der Waals surface area contributed by atoms with Crippen LogP contribution in [0.2, 0.25) is 0 Å². The van der Waals surface area contributed by atoms with Crippen LogP contribution in [-0.4, -0.2) is 17.0 Å². The predicted octanol–water partition coefficient (Wildman–Crippen LogP) is 6.25. The number of hydrogen-bond donors (Lipinski definition) is 2. The highest BCUT2D eigenvalue weighted by Crippen LogP contribution is 2.25. The van der Waals surface area contributed by atoms with Gasteiger partial charge in [0.1, 0.15) is 18.2 Å². The van der Waals surface area contributed by atoms with Crippen molar-refractivity contribution in [2.75, 3.05) is 0 Å². The molecule has 0 aliphatic heterocycles. The normalized spacial score (nSPS) is 11.8. The van der Waals surface area contributed by atoms with E-state index in [4.69, 9.17) is 9.84 Å². The number of carboxylic acids is 1. The van der Waals surface area contributed by atoms with Crippen molar-refractivity contribution in [3.8, 4) is 5.75 Å². The first-order chi connectivity index (χ1) is 16.7. The Hall–Kier alpha value is -3.67. The molecule has 2 N–H and O–H groups in total. The lowest BCUT2D eigenvalue weighted by atomic mass is 9.94. The van der Waals surface area contributed by atoms with E-state index in [1.165, 1.54) is 6.07 Å². The summed E-state index contributed by atoms with van der Waals surface area (Å²) in [7, 11) is 0. The predicted molar refractivity (Wildman–Crippen MR) is 134 cm³/mol. The smallest absolute Gasteiger partial charge is 0.303 e. The third kappa shape index (κ3) is 7.67. The molecular weight excluding hydrogens is 445 g/mol. The van der Waals surface area contributed by atoms with Crippen molar-refractivity contribution < 1.29 is 23.8 Å². The van der Waals surface area contributed by atoms with Crippen LogP contribution in [-0.2, 0) is 17.8 Å². The number of amides is 1. The summed E-state index contributed by atoms with van der Waals surface area (Å²) in [5, 5.41) is 12.2. The zero-order chi connectivity index (χ0) is 25.4. The topological polar surface area (TPSA) is 75.6 Å². The second-order valence-electron chi connectivity index (χ2n) is 9.15. The van der Waals surface area contributed by atoms with Gasteiger partial charge in [-0.1, -0.05) is 56.3 Å². The van der Waals surface area contributed by atoms with Crippen LogP contribution in [0, 0.1) is 18.7 Å².